The van der Waals surface area contributed by atoms with Gasteiger partial charge >= 0.3 is 0 Å². The summed E-state index contributed by atoms with van der Waals surface area (Å²) in [4.78, 5) is 0. The van der Waals surface area contributed by atoms with Crippen LogP contribution in [0.3, 0.4) is 0 Å². The minimum atomic E-state index is 0.206. The van der Waals surface area contributed by atoms with E-state index in [1.165, 1.54) is 5.56 Å². The van der Waals surface area contributed by atoms with Crippen molar-refractivity contribution in [2.24, 2.45) is 5.92 Å². The highest BCUT2D eigenvalue weighted by Gasteiger charge is 2.35. The molecule has 1 aromatic carbocycles. The van der Waals surface area contributed by atoms with Gasteiger partial charge in [0.15, 0.2) is 0 Å². The third-order valence-electron chi connectivity index (χ3n) is 4.01. The summed E-state index contributed by atoms with van der Waals surface area (Å²) < 4.78 is 0. The molecule has 1 N–H and O–H groups in total. The molecule has 84 valence electrons. The summed E-state index contributed by atoms with van der Waals surface area (Å²) in [5.74, 6) is 0.607. The van der Waals surface area contributed by atoms with E-state index in [1.807, 2.05) is 18.2 Å². The maximum atomic E-state index is 8.95. The van der Waals surface area contributed by atoms with Gasteiger partial charge in [0, 0.05) is 0 Å². The molecule has 0 saturated carbocycles. The van der Waals surface area contributed by atoms with Crippen molar-refractivity contribution in [1.29, 1.82) is 5.26 Å². The Kier molecular flexibility index (Phi) is 2.98. The Morgan fingerprint density at radius 3 is 3.00 bits per heavy atom. The maximum Gasteiger partial charge on any atom is 0.0991 e. The Bertz CT molecular complexity index is 419. The minimum absolute atomic E-state index is 0.206. The number of hydrogen-bond acceptors (Lipinski definition) is 2. The van der Waals surface area contributed by atoms with E-state index in [-0.39, 0.29) is 5.41 Å². The second-order valence-corrected chi connectivity index (χ2v) is 4.97. The standard InChI is InChI=1S/C14H18N2/c1-11-10-16-7-6-14(11,2)13-5-3-4-12(8-13)9-15/h3-5,8,11,16H,6-7,10H2,1-2H3. The van der Waals surface area contributed by atoms with Crippen LogP contribution in [0.25, 0.3) is 0 Å². The topological polar surface area (TPSA) is 35.8 Å². The number of rotatable bonds is 1. The van der Waals surface area contributed by atoms with Crippen molar-refractivity contribution in [2.75, 3.05) is 13.1 Å². The van der Waals surface area contributed by atoms with Gasteiger partial charge in [-0.05, 0) is 48.5 Å². The molecule has 1 aliphatic rings. The molecule has 2 atom stereocenters. The molecule has 1 fully saturated rings. The average molecular weight is 214 g/mol. The monoisotopic (exact) mass is 214 g/mol. The van der Waals surface area contributed by atoms with Gasteiger partial charge in [0.05, 0.1) is 11.6 Å². The van der Waals surface area contributed by atoms with Crippen LogP contribution in [-0.2, 0) is 5.41 Å². The van der Waals surface area contributed by atoms with Crippen LogP contribution in [0.15, 0.2) is 24.3 Å². The van der Waals surface area contributed by atoms with Crippen molar-refractivity contribution in [2.45, 2.75) is 25.7 Å². The van der Waals surface area contributed by atoms with Gasteiger partial charge in [-0.1, -0.05) is 26.0 Å². The number of nitrogens with one attached hydrogen (secondary N) is 1. The Hall–Kier alpha value is -1.33. The van der Waals surface area contributed by atoms with Crippen molar-refractivity contribution in [1.82, 2.24) is 5.32 Å². The Balaban J connectivity index is 2.38. The highest BCUT2D eigenvalue weighted by molar-refractivity contribution is 5.37. The molecule has 2 nitrogen and oxygen atoms in total. The summed E-state index contributed by atoms with van der Waals surface area (Å²) in [6.45, 7) is 6.73. The van der Waals surface area contributed by atoms with E-state index in [9.17, 15) is 0 Å². The Labute approximate surface area is 97.3 Å². The van der Waals surface area contributed by atoms with Crippen molar-refractivity contribution in [3.8, 4) is 6.07 Å². The van der Waals surface area contributed by atoms with Crippen LogP contribution < -0.4 is 5.32 Å². The molecule has 0 aliphatic carbocycles. The third-order valence-corrected chi connectivity index (χ3v) is 4.01. The summed E-state index contributed by atoms with van der Waals surface area (Å²) in [6, 6.07) is 10.3. The molecule has 0 spiro atoms. The zero-order valence-corrected chi connectivity index (χ0v) is 9.96. The average Bonchev–Trinajstić information content (AvgIpc) is 2.33. The zero-order valence-electron chi connectivity index (χ0n) is 9.96. The highest BCUT2D eigenvalue weighted by atomic mass is 14.9. The molecule has 1 aromatic rings. The predicted molar refractivity (Wildman–Crippen MR) is 65.2 cm³/mol. The fraction of sp³-hybridized carbons (Fsp3) is 0.500. The van der Waals surface area contributed by atoms with Gasteiger partial charge in [-0.3, -0.25) is 0 Å². The van der Waals surface area contributed by atoms with Crippen LogP contribution in [0.4, 0.5) is 0 Å². The molecular weight excluding hydrogens is 196 g/mol. The third kappa shape index (κ3) is 1.83. The van der Waals surface area contributed by atoms with E-state index in [1.54, 1.807) is 0 Å². The summed E-state index contributed by atoms with van der Waals surface area (Å²) in [5.41, 5.74) is 2.28. The lowest BCUT2D eigenvalue weighted by Crippen LogP contribution is -2.44. The first-order valence-electron chi connectivity index (χ1n) is 5.88. The summed E-state index contributed by atoms with van der Waals surface area (Å²) >= 11 is 0. The fourth-order valence-electron chi connectivity index (χ4n) is 2.51. The number of piperidine rings is 1. The summed E-state index contributed by atoms with van der Waals surface area (Å²) in [6.07, 6.45) is 1.14. The second kappa shape index (κ2) is 4.27. The maximum absolute atomic E-state index is 8.95. The Morgan fingerprint density at radius 2 is 2.31 bits per heavy atom. The van der Waals surface area contributed by atoms with Crippen LogP contribution in [0.5, 0.6) is 0 Å². The van der Waals surface area contributed by atoms with Crippen LogP contribution in [0, 0.1) is 17.2 Å². The molecule has 0 amide bonds. The zero-order chi connectivity index (χ0) is 11.6. The van der Waals surface area contributed by atoms with Gasteiger partial charge in [-0.2, -0.15) is 5.26 Å². The first-order valence-corrected chi connectivity index (χ1v) is 5.88. The lowest BCUT2D eigenvalue weighted by Gasteiger charge is -2.40. The second-order valence-electron chi connectivity index (χ2n) is 4.97. The number of hydrogen-bond donors (Lipinski definition) is 1. The van der Waals surface area contributed by atoms with Crippen LogP contribution in [0.1, 0.15) is 31.4 Å². The van der Waals surface area contributed by atoms with E-state index in [4.69, 9.17) is 5.26 Å². The molecule has 1 aliphatic heterocycles. The normalized spacial score (nSPS) is 29.7. The Morgan fingerprint density at radius 1 is 1.50 bits per heavy atom. The van der Waals surface area contributed by atoms with Crippen molar-refractivity contribution in [3.63, 3.8) is 0 Å². The van der Waals surface area contributed by atoms with Gasteiger partial charge in [0.1, 0.15) is 0 Å². The molecule has 2 heteroatoms. The van der Waals surface area contributed by atoms with Crippen LogP contribution in [-0.4, -0.2) is 13.1 Å². The first kappa shape index (κ1) is 11.2. The molecule has 2 rings (SSSR count). The number of nitrogens with zero attached hydrogens (tertiary/aromatic N) is 1. The van der Waals surface area contributed by atoms with Crippen molar-refractivity contribution in [3.05, 3.63) is 35.4 Å². The molecule has 1 heterocycles. The number of nitriles is 1. The molecule has 0 radical (unpaired) electrons. The van der Waals surface area contributed by atoms with Crippen molar-refractivity contribution < 1.29 is 0 Å². The lowest BCUT2D eigenvalue weighted by atomic mass is 9.68. The summed E-state index contributed by atoms with van der Waals surface area (Å²) in [5, 5.41) is 12.4. The highest BCUT2D eigenvalue weighted by Crippen LogP contribution is 2.37. The quantitative estimate of drug-likeness (QED) is 0.779. The van der Waals surface area contributed by atoms with Gasteiger partial charge in [0.25, 0.3) is 0 Å². The SMILES string of the molecule is CC1CNCCC1(C)c1cccc(C#N)c1. The van der Waals surface area contributed by atoms with Crippen LogP contribution >= 0.6 is 0 Å². The summed E-state index contributed by atoms with van der Waals surface area (Å²) in [7, 11) is 0. The molecule has 16 heavy (non-hydrogen) atoms. The van der Waals surface area contributed by atoms with Crippen LogP contribution in [0.2, 0.25) is 0 Å². The number of benzene rings is 1. The largest absolute Gasteiger partial charge is 0.316 e. The van der Waals surface area contributed by atoms with E-state index in [0.717, 1.165) is 25.1 Å². The predicted octanol–water partition coefficient (Wildman–Crippen LogP) is 2.45. The molecule has 0 aromatic heterocycles. The van der Waals surface area contributed by atoms with E-state index in [2.05, 4.69) is 31.3 Å². The molecule has 0 bridgehead atoms. The fourth-order valence-corrected chi connectivity index (χ4v) is 2.51. The smallest absolute Gasteiger partial charge is 0.0991 e. The van der Waals surface area contributed by atoms with E-state index in [0.29, 0.717) is 5.92 Å². The van der Waals surface area contributed by atoms with E-state index < -0.39 is 0 Å². The molecule has 1 saturated heterocycles. The first-order chi connectivity index (χ1) is 7.66. The molecule has 2 unspecified atom stereocenters. The lowest BCUT2D eigenvalue weighted by molar-refractivity contribution is 0.238. The van der Waals surface area contributed by atoms with E-state index >= 15 is 0 Å². The van der Waals surface area contributed by atoms with Crippen molar-refractivity contribution >= 4 is 0 Å². The molecular formula is C14H18N2. The minimum Gasteiger partial charge on any atom is -0.316 e. The van der Waals surface area contributed by atoms with Gasteiger partial charge in [-0.25, -0.2) is 0 Å². The van der Waals surface area contributed by atoms with Gasteiger partial charge in [0.2, 0.25) is 0 Å². The van der Waals surface area contributed by atoms with Gasteiger partial charge < -0.3 is 5.32 Å². The van der Waals surface area contributed by atoms with Gasteiger partial charge in [-0.15, -0.1) is 0 Å².